The number of nitrogens with zero attached hydrogens (tertiary/aromatic N) is 1. The largest absolute Gasteiger partial charge is 0.455 e. The van der Waals surface area contributed by atoms with Gasteiger partial charge in [0, 0.05) is 39.9 Å². The first-order valence-electron chi connectivity index (χ1n) is 9.44. The summed E-state index contributed by atoms with van der Waals surface area (Å²) < 4.78 is 6.20. The molecule has 0 saturated carbocycles. The molecule has 5 aromatic rings. The van der Waals surface area contributed by atoms with E-state index in [2.05, 4.69) is 12.1 Å². The molecule has 0 N–H and O–H groups in total. The van der Waals surface area contributed by atoms with Gasteiger partial charge in [-0.1, -0.05) is 54.6 Å². The van der Waals surface area contributed by atoms with Crippen LogP contribution in [0, 0.1) is 0 Å². The van der Waals surface area contributed by atoms with E-state index >= 15 is 0 Å². The van der Waals surface area contributed by atoms with Gasteiger partial charge in [0.05, 0.1) is 0 Å². The first-order valence-corrected chi connectivity index (χ1v) is 9.44. The SMILES string of the molecule is CN1C(=O)c2cccc3c(-c4cccc5c4oc4ccccc45)ccc(c23)C1=O. The lowest BCUT2D eigenvalue weighted by Crippen LogP contribution is -2.36. The van der Waals surface area contributed by atoms with E-state index < -0.39 is 0 Å². The van der Waals surface area contributed by atoms with Crippen molar-refractivity contribution in [2.75, 3.05) is 7.05 Å². The van der Waals surface area contributed by atoms with E-state index in [0.29, 0.717) is 16.5 Å². The van der Waals surface area contributed by atoms with Crippen LogP contribution in [0.4, 0.5) is 0 Å². The van der Waals surface area contributed by atoms with Crippen LogP contribution in [0.1, 0.15) is 20.7 Å². The maximum atomic E-state index is 12.7. The standard InChI is InChI=1S/C25H15NO3/c1-26-24(27)19-10-4-7-16-14(12-13-20(22(16)19)25(26)28)17-8-5-9-18-15-6-2-3-11-21(15)29-23(17)18/h2-13H,1H3. The third-order valence-corrected chi connectivity index (χ3v) is 5.81. The molecule has 4 heteroatoms. The Morgan fingerprint density at radius 1 is 0.621 bits per heavy atom. The fourth-order valence-electron chi connectivity index (χ4n) is 4.41. The Morgan fingerprint density at radius 2 is 1.24 bits per heavy atom. The zero-order valence-corrected chi connectivity index (χ0v) is 15.6. The van der Waals surface area contributed by atoms with Crippen LogP contribution in [-0.4, -0.2) is 23.8 Å². The van der Waals surface area contributed by atoms with Gasteiger partial charge in [-0.3, -0.25) is 14.5 Å². The predicted octanol–water partition coefficient (Wildman–Crippen LogP) is 5.63. The molecule has 0 fully saturated rings. The molecule has 138 valence electrons. The molecule has 0 atom stereocenters. The molecule has 1 aliphatic rings. The average molecular weight is 377 g/mol. The molecule has 0 unspecified atom stereocenters. The van der Waals surface area contributed by atoms with Crippen LogP contribution in [0.5, 0.6) is 0 Å². The second-order valence-electron chi connectivity index (χ2n) is 7.34. The number of benzene rings is 4. The van der Waals surface area contributed by atoms with Gasteiger partial charge in [-0.15, -0.1) is 0 Å². The van der Waals surface area contributed by atoms with Gasteiger partial charge in [0.2, 0.25) is 0 Å². The summed E-state index contributed by atoms with van der Waals surface area (Å²) in [5.41, 5.74) is 4.64. The Bertz CT molecular complexity index is 1490. The minimum Gasteiger partial charge on any atom is -0.455 e. The number of hydrogen-bond donors (Lipinski definition) is 0. The lowest BCUT2D eigenvalue weighted by atomic mass is 9.89. The maximum absolute atomic E-state index is 12.7. The molecule has 1 aromatic heterocycles. The number of hydrogen-bond acceptors (Lipinski definition) is 3. The number of carbonyl (C=O) groups is 2. The lowest BCUT2D eigenvalue weighted by Gasteiger charge is -2.24. The van der Waals surface area contributed by atoms with Crippen LogP contribution < -0.4 is 0 Å². The summed E-state index contributed by atoms with van der Waals surface area (Å²) in [4.78, 5) is 26.5. The number of para-hydroxylation sites is 2. The van der Waals surface area contributed by atoms with Crippen LogP contribution in [0.2, 0.25) is 0 Å². The molecule has 0 spiro atoms. The summed E-state index contributed by atoms with van der Waals surface area (Å²) in [6, 6.07) is 23.4. The van der Waals surface area contributed by atoms with Crippen LogP contribution in [-0.2, 0) is 0 Å². The number of rotatable bonds is 1. The third-order valence-electron chi connectivity index (χ3n) is 5.81. The Labute approximate surface area is 165 Å². The summed E-state index contributed by atoms with van der Waals surface area (Å²) in [6.45, 7) is 0. The Morgan fingerprint density at radius 3 is 2.07 bits per heavy atom. The summed E-state index contributed by atoms with van der Waals surface area (Å²) in [5.74, 6) is -0.542. The van der Waals surface area contributed by atoms with Gasteiger partial charge >= 0.3 is 0 Å². The van der Waals surface area contributed by atoms with Gasteiger partial charge in [0.1, 0.15) is 11.2 Å². The smallest absolute Gasteiger partial charge is 0.261 e. The number of amides is 2. The lowest BCUT2D eigenvalue weighted by molar-refractivity contribution is 0.0650. The van der Waals surface area contributed by atoms with Gasteiger partial charge in [-0.2, -0.15) is 0 Å². The fourth-order valence-corrected chi connectivity index (χ4v) is 4.41. The normalized spacial score (nSPS) is 13.8. The molecular formula is C25H15NO3. The first kappa shape index (κ1) is 16.1. The molecule has 0 bridgehead atoms. The van der Waals surface area contributed by atoms with Crippen molar-refractivity contribution in [3.63, 3.8) is 0 Å². The molecular weight excluding hydrogens is 362 g/mol. The highest BCUT2D eigenvalue weighted by atomic mass is 16.3. The van der Waals surface area contributed by atoms with Crippen molar-refractivity contribution >= 4 is 44.5 Å². The van der Waals surface area contributed by atoms with E-state index in [1.165, 1.54) is 11.9 Å². The van der Waals surface area contributed by atoms with Crippen molar-refractivity contribution in [2.24, 2.45) is 0 Å². The van der Waals surface area contributed by atoms with E-state index in [1.807, 2.05) is 54.6 Å². The van der Waals surface area contributed by atoms with E-state index in [-0.39, 0.29) is 11.8 Å². The van der Waals surface area contributed by atoms with Crippen molar-refractivity contribution in [1.29, 1.82) is 0 Å². The third kappa shape index (κ3) is 2.03. The highest BCUT2D eigenvalue weighted by Gasteiger charge is 2.31. The fraction of sp³-hybridized carbons (Fsp3) is 0.0400. The molecule has 4 nitrogen and oxygen atoms in total. The Kier molecular flexibility index (Phi) is 3.08. The highest BCUT2D eigenvalue weighted by molar-refractivity contribution is 6.27. The summed E-state index contributed by atoms with van der Waals surface area (Å²) in [5, 5.41) is 3.71. The van der Waals surface area contributed by atoms with E-state index in [9.17, 15) is 9.59 Å². The molecule has 2 heterocycles. The molecule has 0 radical (unpaired) electrons. The number of carbonyl (C=O) groups excluding carboxylic acids is 2. The number of imide groups is 1. The number of furan rings is 1. The second kappa shape index (κ2) is 5.55. The zero-order chi connectivity index (χ0) is 19.7. The van der Waals surface area contributed by atoms with Gasteiger partial charge < -0.3 is 4.42 Å². The molecule has 1 aliphatic heterocycles. The highest BCUT2D eigenvalue weighted by Crippen LogP contribution is 2.40. The van der Waals surface area contributed by atoms with Gasteiger partial charge in [0.25, 0.3) is 11.8 Å². The Balaban J connectivity index is 1.73. The zero-order valence-electron chi connectivity index (χ0n) is 15.6. The summed E-state index contributed by atoms with van der Waals surface area (Å²) >= 11 is 0. The molecule has 29 heavy (non-hydrogen) atoms. The Hall–Kier alpha value is -3.92. The van der Waals surface area contributed by atoms with Crippen LogP contribution >= 0.6 is 0 Å². The van der Waals surface area contributed by atoms with E-state index in [4.69, 9.17) is 4.42 Å². The minimum atomic E-state index is -0.271. The van der Waals surface area contributed by atoms with Gasteiger partial charge in [0.15, 0.2) is 0 Å². The van der Waals surface area contributed by atoms with Crippen molar-refractivity contribution < 1.29 is 14.0 Å². The van der Waals surface area contributed by atoms with Crippen LogP contribution in [0.3, 0.4) is 0 Å². The average Bonchev–Trinajstić information content (AvgIpc) is 3.14. The quantitative estimate of drug-likeness (QED) is 0.356. The van der Waals surface area contributed by atoms with Gasteiger partial charge in [-0.05, 0) is 29.1 Å². The molecule has 4 aromatic carbocycles. The second-order valence-corrected chi connectivity index (χ2v) is 7.34. The van der Waals surface area contributed by atoms with Crippen molar-refractivity contribution in [3.05, 3.63) is 83.9 Å². The van der Waals surface area contributed by atoms with Crippen molar-refractivity contribution in [1.82, 2.24) is 4.90 Å². The van der Waals surface area contributed by atoms with Crippen LogP contribution in [0.15, 0.2) is 77.2 Å². The molecule has 2 amide bonds. The number of fused-ring (bicyclic) bond motifs is 3. The summed E-state index contributed by atoms with van der Waals surface area (Å²) in [6.07, 6.45) is 0. The topological polar surface area (TPSA) is 50.5 Å². The van der Waals surface area contributed by atoms with Crippen LogP contribution in [0.25, 0.3) is 43.8 Å². The molecule has 0 aliphatic carbocycles. The van der Waals surface area contributed by atoms with E-state index in [1.54, 1.807) is 6.07 Å². The first-order chi connectivity index (χ1) is 14.1. The minimum absolute atomic E-state index is 0.271. The van der Waals surface area contributed by atoms with E-state index in [0.717, 1.165) is 38.5 Å². The van der Waals surface area contributed by atoms with Crippen molar-refractivity contribution in [3.8, 4) is 11.1 Å². The van der Waals surface area contributed by atoms with Crippen molar-refractivity contribution in [2.45, 2.75) is 0 Å². The molecule has 6 rings (SSSR count). The van der Waals surface area contributed by atoms with Gasteiger partial charge in [-0.25, -0.2) is 0 Å². The maximum Gasteiger partial charge on any atom is 0.261 e. The monoisotopic (exact) mass is 377 g/mol. The molecule has 0 saturated heterocycles. The predicted molar refractivity (Wildman–Crippen MR) is 113 cm³/mol. The summed E-state index contributed by atoms with van der Waals surface area (Å²) in [7, 11) is 1.52.